The molecule has 2 heterocycles. The Balaban J connectivity index is 1.87. The van der Waals surface area contributed by atoms with E-state index in [1.165, 1.54) is 9.75 Å². The average Bonchev–Trinajstić information content (AvgIpc) is 2.76. The summed E-state index contributed by atoms with van der Waals surface area (Å²) in [5, 5.41) is 8.78. The van der Waals surface area contributed by atoms with Crippen LogP contribution in [-0.4, -0.2) is 41.8 Å². The van der Waals surface area contributed by atoms with Crippen molar-refractivity contribution < 1.29 is 14.6 Å². The van der Waals surface area contributed by atoms with Gasteiger partial charge >= 0.3 is 5.97 Å². The maximum atomic E-state index is 10.7. The summed E-state index contributed by atoms with van der Waals surface area (Å²) in [4.78, 5) is 15.7. The first-order valence-electron chi connectivity index (χ1n) is 6.30. The number of hydrogen-bond donors (Lipinski definition) is 1. The number of morpholine rings is 1. The molecule has 1 atom stereocenters. The summed E-state index contributed by atoms with van der Waals surface area (Å²) in [6.07, 6.45) is 1.01. The zero-order valence-corrected chi connectivity index (χ0v) is 11.4. The zero-order chi connectivity index (χ0) is 13.0. The minimum atomic E-state index is -0.786. The first kappa shape index (κ1) is 13.5. The van der Waals surface area contributed by atoms with Crippen LogP contribution in [0, 0.1) is 0 Å². The predicted molar refractivity (Wildman–Crippen MR) is 71.0 cm³/mol. The number of carboxylic acid groups (broad SMARTS) is 1. The number of carboxylic acids is 1. The SMILES string of the molecule is CCc1ccc(CN2CCOC(CC(=O)O)C2)s1. The number of aryl methyl sites for hydroxylation is 1. The standard InChI is InChI=1S/C13H19NO3S/c1-2-11-3-4-12(18-11)9-14-5-6-17-10(8-14)7-13(15)16/h3-4,10H,2,5-9H2,1H3,(H,15,16). The Morgan fingerprint density at radius 1 is 1.56 bits per heavy atom. The Labute approximate surface area is 111 Å². The highest BCUT2D eigenvalue weighted by Gasteiger charge is 2.22. The van der Waals surface area contributed by atoms with Gasteiger partial charge in [-0.05, 0) is 18.6 Å². The summed E-state index contributed by atoms with van der Waals surface area (Å²) in [6, 6.07) is 4.35. The molecule has 0 radical (unpaired) electrons. The van der Waals surface area contributed by atoms with Crippen LogP contribution in [0.15, 0.2) is 12.1 Å². The molecule has 0 saturated carbocycles. The molecule has 4 nitrogen and oxygen atoms in total. The van der Waals surface area contributed by atoms with Gasteiger partial charge in [-0.1, -0.05) is 6.92 Å². The molecular weight excluding hydrogens is 250 g/mol. The molecule has 0 amide bonds. The summed E-state index contributed by atoms with van der Waals surface area (Å²) in [5.74, 6) is -0.786. The smallest absolute Gasteiger partial charge is 0.306 e. The molecule has 1 N–H and O–H groups in total. The second-order valence-electron chi connectivity index (χ2n) is 4.55. The molecule has 2 rings (SSSR count). The van der Waals surface area contributed by atoms with Crippen LogP contribution in [0.25, 0.3) is 0 Å². The monoisotopic (exact) mass is 269 g/mol. The van der Waals surface area contributed by atoms with Crippen molar-refractivity contribution in [3.63, 3.8) is 0 Å². The molecular formula is C13H19NO3S. The summed E-state index contributed by atoms with van der Waals surface area (Å²) >= 11 is 1.84. The molecule has 1 saturated heterocycles. The molecule has 1 aromatic rings. The molecule has 100 valence electrons. The lowest BCUT2D eigenvalue weighted by molar-refractivity contribution is -0.142. The number of rotatable bonds is 5. The molecule has 5 heteroatoms. The highest BCUT2D eigenvalue weighted by molar-refractivity contribution is 7.11. The van der Waals surface area contributed by atoms with E-state index in [1.807, 2.05) is 11.3 Å². The quantitative estimate of drug-likeness (QED) is 0.888. The van der Waals surface area contributed by atoms with Gasteiger partial charge in [0, 0.05) is 29.4 Å². The van der Waals surface area contributed by atoms with Gasteiger partial charge in [0.2, 0.25) is 0 Å². The van der Waals surface area contributed by atoms with E-state index in [9.17, 15) is 4.79 Å². The van der Waals surface area contributed by atoms with Crippen molar-refractivity contribution in [1.82, 2.24) is 4.90 Å². The number of ether oxygens (including phenoxy) is 1. The van der Waals surface area contributed by atoms with Gasteiger partial charge in [0.15, 0.2) is 0 Å². The minimum Gasteiger partial charge on any atom is -0.481 e. The van der Waals surface area contributed by atoms with E-state index >= 15 is 0 Å². The molecule has 1 unspecified atom stereocenters. The van der Waals surface area contributed by atoms with Crippen LogP contribution in [0.4, 0.5) is 0 Å². The summed E-state index contributed by atoms with van der Waals surface area (Å²) in [7, 11) is 0. The molecule has 18 heavy (non-hydrogen) atoms. The Hall–Kier alpha value is -0.910. The fraction of sp³-hybridized carbons (Fsp3) is 0.615. The van der Waals surface area contributed by atoms with Crippen LogP contribution in [-0.2, 0) is 22.5 Å². The lowest BCUT2D eigenvalue weighted by Gasteiger charge is -2.31. The van der Waals surface area contributed by atoms with Crippen molar-refractivity contribution in [2.45, 2.75) is 32.4 Å². The summed E-state index contributed by atoms with van der Waals surface area (Å²) in [6.45, 7) is 5.29. The normalized spacial score (nSPS) is 21.1. The Morgan fingerprint density at radius 2 is 2.33 bits per heavy atom. The maximum absolute atomic E-state index is 10.7. The van der Waals surface area contributed by atoms with Gasteiger partial charge in [0.25, 0.3) is 0 Å². The second kappa shape index (κ2) is 6.31. The third-order valence-corrected chi connectivity index (χ3v) is 4.28. The Morgan fingerprint density at radius 3 is 3.00 bits per heavy atom. The molecule has 1 aliphatic rings. The minimum absolute atomic E-state index is 0.0984. The van der Waals surface area contributed by atoms with Crippen LogP contribution < -0.4 is 0 Å². The van der Waals surface area contributed by atoms with E-state index in [1.54, 1.807) is 0 Å². The fourth-order valence-electron chi connectivity index (χ4n) is 2.16. The topological polar surface area (TPSA) is 49.8 Å². The number of carbonyl (C=O) groups is 1. The van der Waals surface area contributed by atoms with Gasteiger partial charge in [-0.3, -0.25) is 9.69 Å². The van der Waals surface area contributed by atoms with Crippen LogP contribution in [0.2, 0.25) is 0 Å². The molecule has 0 bridgehead atoms. The van der Waals surface area contributed by atoms with Crippen LogP contribution in [0.5, 0.6) is 0 Å². The number of hydrogen-bond acceptors (Lipinski definition) is 4. The highest BCUT2D eigenvalue weighted by atomic mass is 32.1. The second-order valence-corrected chi connectivity index (χ2v) is 5.80. The van der Waals surface area contributed by atoms with Crippen LogP contribution in [0.3, 0.4) is 0 Å². The number of nitrogens with zero attached hydrogens (tertiary/aromatic N) is 1. The van der Waals surface area contributed by atoms with E-state index in [0.29, 0.717) is 13.2 Å². The largest absolute Gasteiger partial charge is 0.481 e. The van der Waals surface area contributed by atoms with E-state index in [2.05, 4.69) is 24.0 Å². The van der Waals surface area contributed by atoms with E-state index in [-0.39, 0.29) is 12.5 Å². The predicted octanol–water partition coefficient (Wildman–Crippen LogP) is 1.99. The van der Waals surface area contributed by atoms with Crippen molar-refractivity contribution in [2.75, 3.05) is 19.7 Å². The fourth-order valence-corrected chi connectivity index (χ4v) is 3.16. The average molecular weight is 269 g/mol. The highest BCUT2D eigenvalue weighted by Crippen LogP contribution is 2.20. The third kappa shape index (κ3) is 3.80. The van der Waals surface area contributed by atoms with Crippen molar-refractivity contribution in [1.29, 1.82) is 0 Å². The molecule has 0 aromatic carbocycles. The molecule has 0 aliphatic carbocycles. The van der Waals surface area contributed by atoms with E-state index in [0.717, 1.165) is 19.5 Å². The van der Waals surface area contributed by atoms with Gasteiger partial charge in [-0.15, -0.1) is 11.3 Å². The van der Waals surface area contributed by atoms with Crippen molar-refractivity contribution >= 4 is 17.3 Å². The van der Waals surface area contributed by atoms with Gasteiger partial charge in [0.1, 0.15) is 0 Å². The first-order valence-corrected chi connectivity index (χ1v) is 7.12. The molecule has 1 fully saturated rings. The summed E-state index contributed by atoms with van der Waals surface area (Å²) < 4.78 is 5.46. The lowest BCUT2D eigenvalue weighted by atomic mass is 10.2. The van der Waals surface area contributed by atoms with Gasteiger partial charge in [-0.2, -0.15) is 0 Å². The van der Waals surface area contributed by atoms with E-state index in [4.69, 9.17) is 9.84 Å². The van der Waals surface area contributed by atoms with Gasteiger partial charge < -0.3 is 9.84 Å². The first-order chi connectivity index (χ1) is 8.67. The summed E-state index contributed by atoms with van der Waals surface area (Å²) in [5.41, 5.74) is 0. The van der Waals surface area contributed by atoms with Gasteiger partial charge in [-0.25, -0.2) is 0 Å². The number of aliphatic carboxylic acids is 1. The molecule has 0 spiro atoms. The maximum Gasteiger partial charge on any atom is 0.306 e. The van der Waals surface area contributed by atoms with Crippen molar-refractivity contribution in [3.8, 4) is 0 Å². The zero-order valence-electron chi connectivity index (χ0n) is 10.6. The lowest BCUT2D eigenvalue weighted by Crippen LogP contribution is -2.42. The third-order valence-electron chi connectivity index (χ3n) is 3.07. The van der Waals surface area contributed by atoms with Crippen molar-refractivity contribution in [2.24, 2.45) is 0 Å². The van der Waals surface area contributed by atoms with Crippen LogP contribution in [0.1, 0.15) is 23.1 Å². The molecule has 1 aliphatic heterocycles. The Bertz CT molecular complexity index is 405. The van der Waals surface area contributed by atoms with Gasteiger partial charge in [0.05, 0.1) is 19.1 Å². The van der Waals surface area contributed by atoms with Crippen molar-refractivity contribution in [3.05, 3.63) is 21.9 Å². The number of thiophene rings is 1. The van der Waals surface area contributed by atoms with E-state index < -0.39 is 5.97 Å². The Kier molecular flexibility index (Phi) is 4.74. The molecule has 1 aromatic heterocycles. The van der Waals surface area contributed by atoms with Crippen LogP contribution >= 0.6 is 11.3 Å².